The van der Waals surface area contributed by atoms with E-state index in [1.165, 1.54) is 0 Å². The van der Waals surface area contributed by atoms with Crippen molar-refractivity contribution in [2.45, 2.75) is 58.4 Å². The average Bonchev–Trinajstić information content (AvgIpc) is 3.05. The van der Waals surface area contributed by atoms with Crippen LogP contribution in [0.25, 0.3) is 11.4 Å². The lowest BCUT2D eigenvalue weighted by molar-refractivity contribution is 0.0224. The first kappa shape index (κ1) is 16.1. The van der Waals surface area contributed by atoms with Crippen molar-refractivity contribution in [2.24, 2.45) is 0 Å². The minimum Gasteiger partial charge on any atom is -0.444 e. The van der Waals surface area contributed by atoms with Gasteiger partial charge in [-0.2, -0.15) is 5.10 Å². The van der Waals surface area contributed by atoms with Crippen LogP contribution in [0, 0.1) is 0 Å². The molecule has 0 spiro atoms. The van der Waals surface area contributed by atoms with Crippen LogP contribution in [-0.4, -0.2) is 49.3 Å². The fraction of sp³-hybridized carbons (Fsp3) is 0.588. The Morgan fingerprint density at radius 2 is 2.24 bits per heavy atom. The normalized spacial score (nSPS) is 19.7. The molecule has 1 atom stereocenters. The summed E-state index contributed by atoms with van der Waals surface area (Å²) in [5.74, 6) is 0. The first-order valence-corrected chi connectivity index (χ1v) is 8.50. The molecule has 134 valence electrons. The number of aliphatic hydroxyl groups excluding tert-OH is 1. The van der Waals surface area contributed by atoms with Gasteiger partial charge in [-0.15, -0.1) is 0 Å². The molecule has 25 heavy (non-hydrogen) atoms. The second kappa shape index (κ2) is 5.59. The van der Waals surface area contributed by atoms with E-state index in [1.807, 2.05) is 20.8 Å². The van der Waals surface area contributed by atoms with Crippen LogP contribution in [0.3, 0.4) is 0 Å². The number of hydrogen-bond donors (Lipinski definition) is 1. The largest absolute Gasteiger partial charge is 0.444 e. The highest BCUT2D eigenvalue weighted by molar-refractivity contribution is 5.71. The highest BCUT2D eigenvalue weighted by Gasteiger charge is 2.34. The molecule has 0 saturated heterocycles. The van der Waals surface area contributed by atoms with Crippen LogP contribution in [0.2, 0.25) is 0 Å². The Morgan fingerprint density at radius 1 is 1.44 bits per heavy atom. The average molecular weight is 346 g/mol. The number of amides is 1. The Kier molecular flexibility index (Phi) is 3.61. The number of carbonyl (C=O) groups is 1. The lowest BCUT2D eigenvalue weighted by Gasteiger charge is -2.29. The molecule has 1 N–H and O–H groups in total. The molecule has 2 aromatic rings. The van der Waals surface area contributed by atoms with Gasteiger partial charge in [-0.05, 0) is 20.8 Å². The number of aromatic nitrogens is 3. The van der Waals surface area contributed by atoms with Gasteiger partial charge in [0, 0.05) is 30.5 Å². The summed E-state index contributed by atoms with van der Waals surface area (Å²) in [4.78, 5) is 14.1. The van der Waals surface area contributed by atoms with Gasteiger partial charge < -0.3 is 19.3 Å². The number of hydrogen-bond acceptors (Lipinski definition) is 6. The van der Waals surface area contributed by atoms with Crippen molar-refractivity contribution >= 4 is 6.09 Å². The maximum absolute atomic E-state index is 12.4. The van der Waals surface area contributed by atoms with Crippen LogP contribution in [-0.2, 0) is 30.7 Å². The van der Waals surface area contributed by atoms with E-state index in [4.69, 9.17) is 9.26 Å². The van der Waals surface area contributed by atoms with Crippen molar-refractivity contribution < 1.29 is 19.2 Å². The van der Waals surface area contributed by atoms with Gasteiger partial charge in [0.25, 0.3) is 0 Å². The summed E-state index contributed by atoms with van der Waals surface area (Å²) >= 11 is 0. The Morgan fingerprint density at radius 3 is 3.00 bits per heavy atom. The SMILES string of the molecule is CC(C)(C)OC(=O)N1CCc2nn3c(c2C1)-c1nocc1CC(O)C3. The van der Waals surface area contributed by atoms with Gasteiger partial charge in [0.1, 0.15) is 17.6 Å². The third kappa shape index (κ3) is 2.90. The van der Waals surface area contributed by atoms with E-state index in [-0.39, 0.29) is 6.09 Å². The molecule has 0 aliphatic carbocycles. The summed E-state index contributed by atoms with van der Waals surface area (Å²) < 4.78 is 12.4. The molecule has 0 saturated carbocycles. The molecule has 2 aliphatic rings. The van der Waals surface area contributed by atoms with Gasteiger partial charge >= 0.3 is 6.09 Å². The fourth-order valence-electron chi connectivity index (χ4n) is 3.42. The number of nitrogens with zero attached hydrogens (tertiary/aromatic N) is 4. The summed E-state index contributed by atoms with van der Waals surface area (Å²) in [7, 11) is 0. The minimum atomic E-state index is -0.539. The Balaban J connectivity index is 1.70. The predicted molar refractivity (Wildman–Crippen MR) is 87.8 cm³/mol. The Bertz CT molecular complexity index is 817. The van der Waals surface area contributed by atoms with Gasteiger partial charge in [-0.25, -0.2) is 4.79 Å². The molecular weight excluding hydrogens is 324 g/mol. The summed E-state index contributed by atoms with van der Waals surface area (Å²) in [5, 5.41) is 19.0. The van der Waals surface area contributed by atoms with Crippen molar-refractivity contribution in [3.8, 4) is 11.4 Å². The maximum atomic E-state index is 12.4. The van der Waals surface area contributed by atoms with E-state index in [0.717, 1.165) is 22.5 Å². The van der Waals surface area contributed by atoms with E-state index >= 15 is 0 Å². The van der Waals surface area contributed by atoms with Gasteiger partial charge in [0.15, 0.2) is 0 Å². The second-order valence-corrected chi connectivity index (χ2v) is 7.65. The van der Waals surface area contributed by atoms with Crippen molar-refractivity contribution in [2.75, 3.05) is 6.54 Å². The zero-order valence-electron chi connectivity index (χ0n) is 14.7. The van der Waals surface area contributed by atoms with Crippen LogP contribution >= 0.6 is 0 Å². The molecule has 1 unspecified atom stereocenters. The topological polar surface area (TPSA) is 93.6 Å². The van der Waals surface area contributed by atoms with Gasteiger partial charge in [-0.3, -0.25) is 4.68 Å². The zero-order chi connectivity index (χ0) is 17.8. The summed E-state index contributed by atoms with van der Waals surface area (Å²) in [6.07, 6.45) is 1.84. The molecule has 0 radical (unpaired) electrons. The molecule has 1 amide bonds. The zero-order valence-corrected chi connectivity index (χ0v) is 14.7. The Labute approximate surface area is 145 Å². The van der Waals surface area contributed by atoms with E-state index in [1.54, 1.807) is 15.8 Å². The smallest absolute Gasteiger partial charge is 0.410 e. The van der Waals surface area contributed by atoms with E-state index in [2.05, 4.69) is 10.3 Å². The van der Waals surface area contributed by atoms with E-state index < -0.39 is 11.7 Å². The van der Waals surface area contributed by atoms with Crippen LogP contribution in [0.1, 0.15) is 37.6 Å². The predicted octanol–water partition coefficient (Wildman–Crippen LogP) is 1.75. The van der Waals surface area contributed by atoms with Gasteiger partial charge in [0.2, 0.25) is 0 Å². The van der Waals surface area contributed by atoms with Crippen LogP contribution in [0.5, 0.6) is 0 Å². The number of rotatable bonds is 0. The van der Waals surface area contributed by atoms with E-state index in [0.29, 0.717) is 38.2 Å². The van der Waals surface area contributed by atoms with Crippen molar-refractivity contribution in [1.82, 2.24) is 19.8 Å². The lowest BCUT2D eigenvalue weighted by Crippen LogP contribution is -2.39. The van der Waals surface area contributed by atoms with Crippen molar-refractivity contribution in [3.05, 3.63) is 23.1 Å². The quantitative estimate of drug-likeness (QED) is 0.781. The van der Waals surface area contributed by atoms with E-state index in [9.17, 15) is 9.90 Å². The number of carbonyl (C=O) groups excluding carboxylic acids is 1. The van der Waals surface area contributed by atoms with Crippen LogP contribution < -0.4 is 0 Å². The first-order valence-electron chi connectivity index (χ1n) is 8.50. The Hall–Kier alpha value is -2.35. The molecule has 4 heterocycles. The standard InChI is InChI=1S/C17H22N4O4/c1-17(2,3)25-16(23)20-5-4-13-12(8-20)15-14-10(9-24-19-14)6-11(22)7-21(15)18-13/h9,11,22H,4-8H2,1-3H3. The molecule has 8 nitrogen and oxygen atoms in total. The molecule has 2 aromatic heterocycles. The molecule has 4 rings (SSSR count). The lowest BCUT2D eigenvalue weighted by atomic mass is 10.0. The second-order valence-electron chi connectivity index (χ2n) is 7.65. The first-order chi connectivity index (χ1) is 11.8. The van der Waals surface area contributed by atoms with Crippen LogP contribution in [0.4, 0.5) is 4.79 Å². The third-order valence-corrected chi connectivity index (χ3v) is 4.46. The van der Waals surface area contributed by atoms with Crippen molar-refractivity contribution in [1.29, 1.82) is 0 Å². The molecule has 2 aliphatic heterocycles. The number of ether oxygens (including phenoxy) is 1. The summed E-state index contributed by atoms with van der Waals surface area (Å²) in [6.45, 7) is 6.96. The summed E-state index contributed by atoms with van der Waals surface area (Å²) in [6, 6.07) is 0. The van der Waals surface area contributed by atoms with Gasteiger partial charge in [-0.1, -0.05) is 5.16 Å². The molecule has 0 bridgehead atoms. The van der Waals surface area contributed by atoms with Crippen LogP contribution in [0.15, 0.2) is 10.8 Å². The fourth-order valence-corrected chi connectivity index (χ4v) is 3.42. The molecule has 0 fully saturated rings. The molecule has 0 aromatic carbocycles. The third-order valence-electron chi connectivity index (χ3n) is 4.46. The summed E-state index contributed by atoms with van der Waals surface area (Å²) in [5.41, 5.74) is 3.78. The minimum absolute atomic E-state index is 0.327. The highest BCUT2D eigenvalue weighted by Crippen LogP contribution is 2.34. The number of fused-ring (bicyclic) bond motifs is 5. The van der Waals surface area contributed by atoms with Gasteiger partial charge in [0.05, 0.1) is 30.6 Å². The highest BCUT2D eigenvalue weighted by atomic mass is 16.6. The monoisotopic (exact) mass is 346 g/mol. The van der Waals surface area contributed by atoms with Crippen molar-refractivity contribution in [3.63, 3.8) is 0 Å². The molecule has 8 heteroatoms. The maximum Gasteiger partial charge on any atom is 0.410 e. The number of aliphatic hydroxyl groups is 1. The molecular formula is C17H22N4O4.